The lowest BCUT2D eigenvalue weighted by Crippen LogP contribution is -2.37. The van der Waals surface area contributed by atoms with Crippen molar-refractivity contribution in [2.45, 2.75) is 38.1 Å². The van der Waals surface area contributed by atoms with Crippen molar-refractivity contribution in [3.05, 3.63) is 17.5 Å². The molecule has 1 unspecified atom stereocenters. The van der Waals surface area contributed by atoms with E-state index in [0.29, 0.717) is 0 Å². The van der Waals surface area contributed by atoms with Crippen LogP contribution < -0.4 is 10.2 Å². The van der Waals surface area contributed by atoms with E-state index in [1.165, 1.54) is 30.5 Å². The Bertz CT molecular complexity index is 497. The van der Waals surface area contributed by atoms with Crippen LogP contribution in [0.15, 0.2) is 6.20 Å². The number of aromatic nitrogens is 2. The minimum absolute atomic E-state index is 0.760. The van der Waals surface area contributed by atoms with Crippen LogP contribution in [0.3, 0.4) is 0 Å². The topological polar surface area (TPSA) is 50.3 Å². The van der Waals surface area contributed by atoms with Gasteiger partial charge in [0, 0.05) is 31.0 Å². The number of aryl methyl sites for hydroxylation is 1. The highest BCUT2D eigenvalue weighted by molar-refractivity contribution is 5.34. The number of hydrogen-bond acceptors (Lipinski definition) is 5. The minimum atomic E-state index is 0.760. The molecule has 21 heavy (non-hydrogen) atoms. The monoisotopic (exact) mass is 288 g/mol. The van der Waals surface area contributed by atoms with Gasteiger partial charge in [0.05, 0.1) is 13.2 Å². The van der Waals surface area contributed by atoms with Gasteiger partial charge < -0.3 is 15.0 Å². The lowest BCUT2D eigenvalue weighted by molar-refractivity contribution is 0.122. The Morgan fingerprint density at radius 3 is 2.90 bits per heavy atom. The van der Waals surface area contributed by atoms with Gasteiger partial charge in [-0.2, -0.15) is 0 Å². The maximum atomic E-state index is 5.39. The van der Waals surface area contributed by atoms with Crippen molar-refractivity contribution in [3.8, 4) is 0 Å². The van der Waals surface area contributed by atoms with Crippen molar-refractivity contribution in [2.75, 3.05) is 37.7 Å². The van der Waals surface area contributed by atoms with Crippen molar-refractivity contribution in [1.29, 1.82) is 0 Å². The van der Waals surface area contributed by atoms with Crippen LogP contribution >= 0.6 is 0 Å². The molecule has 1 saturated heterocycles. The third-order valence-corrected chi connectivity index (χ3v) is 4.81. The Hall–Kier alpha value is -1.20. The molecule has 1 atom stereocenters. The molecular formula is C16H24N4O. The molecule has 2 heterocycles. The van der Waals surface area contributed by atoms with E-state index in [1.54, 1.807) is 0 Å². The van der Waals surface area contributed by atoms with Gasteiger partial charge in [-0.25, -0.2) is 9.97 Å². The Morgan fingerprint density at radius 2 is 2.10 bits per heavy atom. The molecule has 1 saturated carbocycles. The SMILES string of the molecule is c1nc(N2CCOCC2)nc2c1CC(CNC1CC1)CC2. The first-order valence-corrected chi connectivity index (χ1v) is 8.29. The molecule has 0 amide bonds. The molecule has 0 aromatic carbocycles. The van der Waals surface area contributed by atoms with Crippen LogP contribution in [0.1, 0.15) is 30.5 Å². The fourth-order valence-electron chi connectivity index (χ4n) is 3.28. The summed E-state index contributed by atoms with van der Waals surface area (Å²) in [6, 6.07) is 0.811. The molecule has 1 aliphatic heterocycles. The normalized spacial score (nSPS) is 25.7. The lowest BCUT2D eigenvalue weighted by Gasteiger charge is -2.29. The number of fused-ring (bicyclic) bond motifs is 1. The molecule has 1 aromatic heterocycles. The molecule has 3 aliphatic rings. The maximum Gasteiger partial charge on any atom is 0.225 e. The summed E-state index contributed by atoms with van der Waals surface area (Å²) in [5.74, 6) is 1.66. The standard InChI is InChI=1S/C16H24N4O/c1-4-15-13(9-12(1)10-17-14-2-3-14)11-18-16(19-15)20-5-7-21-8-6-20/h11-12,14,17H,1-10H2. The molecule has 4 rings (SSSR count). The van der Waals surface area contributed by atoms with Gasteiger partial charge in [-0.3, -0.25) is 0 Å². The molecular weight excluding hydrogens is 264 g/mol. The number of morpholine rings is 1. The van der Waals surface area contributed by atoms with E-state index in [2.05, 4.69) is 21.4 Å². The zero-order valence-corrected chi connectivity index (χ0v) is 12.6. The molecule has 5 heteroatoms. The Kier molecular flexibility index (Phi) is 3.78. The first kappa shape index (κ1) is 13.5. The second-order valence-corrected chi connectivity index (χ2v) is 6.53. The van der Waals surface area contributed by atoms with E-state index in [4.69, 9.17) is 9.72 Å². The van der Waals surface area contributed by atoms with Crippen molar-refractivity contribution in [2.24, 2.45) is 5.92 Å². The number of nitrogens with one attached hydrogen (secondary N) is 1. The van der Waals surface area contributed by atoms with Crippen LogP contribution in [-0.2, 0) is 17.6 Å². The Balaban J connectivity index is 1.41. The number of nitrogens with zero attached hydrogens (tertiary/aromatic N) is 3. The summed E-state index contributed by atoms with van der Waals surface area (Å²) in [7, 11) is 0. The zero-order valence-electron chi connectivity index (χ0n) is 12.6. The lowest BCUT2D eigenvalue weighted by atomic mass is 9.87. The molecule has 2 aliphatic carbocycles. The summed E-state index contributed by atoms with van der Waals surface area (Å²) in [4.78, 5) is 11.7. The summed E-state index contributed by atoms with van der Waals surface area (Å²) in [6.07, 6.45) is 8.30. The smallest absolute Gasteiger partial charge is 0.225 e. The van der Waals surface area contributed by atoms with Crippen LogP contribution in [0.5, 0.6) is 0 Å². The molecule has 0 spiro atoms. The largest absolute Gasteiger partial charge is 0.378 e. The van der Waals surface area contributed by atoms with Gasteiger partial charge in [0.25, 0.3) is 0 Å². The maximum absolute atomic E-state index is 5.39. The van der Waals surface area contributed by atoms with E-state index in [-0.39, 0.29) is 0 Å². The van der Waals surface area contributed by atoms with Crippen LogP contribution in [0.4, 0.5) is 5.95 Å². The molecule has 0 bridgehead atoms. The predicted octanol–water partition coefficient (Wildman–Crippen LogP) is 1.17. The molecule has 0 radical (unpaired) electrons. The zero-order chi connectivity index (χ0) is 14.1. The summed E-state index contributed by atoms with van der Waals surface area (Å²) in [5, 5.41) is 3.66. The molecule has 1 N–H and O–H groups in total. The van der Waals surface area contributed by atoms with Crippen LogP contribution in [0, 0.1) is 5.92 Å². The van der Waals surface area contributed by atoms with Crippen molar-refractivity contribution in [3.63, 3.8) is 0 Å². The van der Waals surface area contributed by atoms with Crippen molar-refractivity contribution in [1.82, 2.24) is 15.3 Å². The van der Waals surface area contributed by atoms with Gasteiger partial charge >= 0.3 is 0 Å². The third kappa shape index (κ3) is 3.19. The second-order valence-electron chi connectivity index (χ2n) is 6.53. The number of anilines is 1. The Morgan fingerprint density at radius 1 is 1.24 bits per heavy atom. The highest BCUT2D eigenvalue weighted by atomic mass is 16.5. The van der Waals surface area contributed by atoms with E-state index in [0.717, 1.165) is 63.6 Å². The summed E-state index contributed by atoms with van der Waals surface area (Å²) >= 11 is 0. The van der Waals surface area contributed by atoms with E-state index >= 15 is 0 Å². The second kappa shape index (κ2) is 5.89. The van der Waals surface area contributed by atoms with Gasteiger partial charge in [-0.15, -0.1) is 0 Å². The highest BCUT2D eigenvalue weighted by Gasteiger charge is 2.25. The molecule has 114 valence electrons. The average Bonchev–Trinajstić information content (AvgIpc) is 3.37. The fraction of sp³-hybridized carbons (Fsp3) is 0.750. The minimum Gasteiger partial charge on any atom is -0.378 e. The van der Waals surface area contributed by atoms with Gasteiger partial charge in [0.2, 0.25) is 5.95 Å². The first-order valence-electron chi connectivity index (χ1n) is 8.29. The Labute approximate surface area is 126 Å². The van der Waals surface area contributed by atoms with Crippen LogP contribution in [0.2, 0.25) is 0 Å². The van der Waals surface area contributed by atoms with E-state index in [1.807, 2.05) is 0 Å². The van der Waals surface area contributed by atoms with Crippen molar-refractivity contribution >= 4 is 5.95 Å². The predicted molar refractivity (Wildman–Crippen MR) is 81.6 cm³/mol. The average molecular weight is 288 g/mol. The molecule has 2 fully saturated rings. The number of ether oxygens (including phenoxy) is 1. The number of hydrogen-bond donors (Lipinski definition) is 1. The molecule has 1 aromatic rings. The fourth-order valence-corrected chi connectivity index (χ4v) is 3.28. The summed E-state index contributed by atoms with van der Waals surface area (Å²) in [5.41, 5.74) is 2.63. The van der Waals surface area contributed by atoms with Gasteiger partial charge in [-0.1, -0.05) is 0 Å². The van der Waals surface area contributed by atoms with Gasteiger partial charge in [-0.05, 0) is 50.1 Å². The van der Waals surface area contributed by atoms with E-state index < -0.39 is 0 Å². The van der Waals surface area contributed by atoms with Crippen LogP contribution in [-0.4, -0.2) is 48.9 Å². The van der Waals surface area contributed by atoms with E-state index in [9.17, 15) is 0 Å². The number of rotatable bonds is 4. The quantitative estimate of drug-likeness (QED) is 0.901. The summed E-state index contributed by atoms with van der Waals surface area (Å²) < 4.78 is 5.39. The van der Waals surface area contributed by atoms with Gasteiger partial charge in [0.1, 0.15) is 0 Å². The van der Waals surface area contributed by atoms with Crippen molar-refractivity contribution < 1.29 is 4.74 Å². The third-order valence-electron chi connectivity index (χ3n) is 4.81. The van der Waals surface area contributed by atoms with Gasteiger partial charge in [0.15, 0.2) is 0 Å². The highest BCUT2D eigenvalue weighted by Crippen LogP contribution is 2.26. The molecule has 5 nitrogen and oxygen atoms in total. The summed E-state index contributed by atoms with van der Waals surface area (Å²) in [6.45, 7) is 4.56. The van der Waals surface area contributed by atoms with Crippen LogP contribution in [0.25, 0.3) is 0 Å². The first-order chi connectivity index (χ1) is 10.4.